The van der Waals surface area contributed by atoms with Crippen molar-refractivity contribution in [1.82, 2.24) is 5.32 Å². The summed E-state index contributed by atoms with van der Waals surface area (Å²) in [6.07, 6.45) is 1.35. The maximum Gasteiger partial charge on any atom is 0.252 e. The summed E-state index contributed by atoms with van der Waals surface area (Å²) in [6.45, 7) is 2.04. The van der Waals surface area contributed by atoms with Crippen LogP contribution < -0.4 is 5.32 Å². The fourth-order valence-electron chi connectivity index (χ4n) is 1.47. The molecule has 1 atom stereocenters. The first-order valence-corrected chi connectivity index (χ1v) is 6.62. The van der Waals surface area contributed by atoms with E-state index in [-0.39, 0.29) is 18.6 Å². The highest BCUT2D eigenvalue weighted by molar-refractivity contribution is 9.10. The molecule has 0 bridgehead atoms. The van der Waals surface area contributed by atoms with Gasteiger partial charge < -0.3 is 10.4 Å². The van der Waals surface area contributed by atoms with Crippen LogP contribution in [0.4, 0.5) is 0 Å². The van der Waals surface area contributed by atoms with Crippen molar-refractivity contribution < 1.29 is 9.90 Å². The molecule has 1 aromatic carbocycles. The minimum Gasteiger partial charge on any atom is -0.396 e. The summed E-state index contributed by atoms with van der Waals surface area (Å²) in [5, 5.41) is 12.3. The number of aliphatic hydroxyl groups excluding tert-OH is 1. The highest BCUT2D eigenvalue weighted by Gasteiger charge is 2.14. The van der Waals surface area contributed by atoms with Gasteiger partial charge in [0.15, 0.2) is 0 Å². The Kier molecular flexibility index (Phi) is 5.95. The molecule has 1 unspecified atom stereocenters. The lowest BCUT2D eigenvalue weighted by molar-refractivity contribution is 0.0928. The zero-order valence-corrected chi connectivity index (χ0v) is 11.9. The van der Waals surface area contributed by atoms with E-state index in [2.05, 4.69) is 21.2 Å². The van der Waals surface area contributed by atoms with Gasteiger partial charge in [0.05, 0.1) is 5.56 Å². The fourth-order valence-corrected chi connectivity index (χ4v) is 2.33. The van der Waals surface area contributed by atoms with E-state index in [0.29, 0.717) is 21.5 Å². The predicted octanol–water partition coefficient (Wildman–Crippen LogP) is 2.99. The third kappa shape index (κ3) is 4.30. The van der Waals surface area contributed by atoms with Crippen molar-refractivity contribution in [1.29, 1.82) is 0 Å². The topological polar surface area (TPSA) is 49.3 Å². The lowest BCUT2D eigenvalue weighted by Crippen LogP contribution is -2.35. The summed E-state index contributed by atoms with van der Waals surface area (Å²) in [5.74, 6) is -0.158. The van der Waals surface area contributed by atoms with Gasteiger partial charge in [0, 0.05) is 22.1 Å². The number of hydrogen-bond acceptors (Lipinski definition) is 2. The highest BCUT2D eigenvalue weighted by atomic mass is 79.9. The molecule has 0 saturated heterocycles. The van der Waals surface area contributed by atoms with E-state index in [1.54, 1.807) is 18.2 Å². The molecule has 0 aliphatic heterocycles. The van der Waals surface area contributed by atoms with Crippen LogP contribution in [0, 0.1) is 0 Å². The van der Waals surface area contributed by atoms with Gasteiger partial charge in [-0.15, -0.1) is 0 Å². The molecule has 1 rings (SSSR count). The SMILES string of the molecule is CCC(CCO)NC(=O)c1ccc(Cl)cc1Br. The van der Waals surface area contributed by atoms with Crippen LogP contribution in [0.25, 0.3) is 0 Å². The van der Waals surface area contributed by atoms with Gasteiger partial charge >= 0.3 is 0 Å². The highest BCUT2D eigenvalue weighted by Crippen LogP contribution is 2.21. The van der Waals surface area contributed by atoms with Gasteiger partial charge in [-0.05, 0) is 47.0 Å². The van der Waals surface area contributed by atoms with Crippen molar-refractivity contribution in [3.63, 3.8) is 0 Å². The van der Waals surface area contributed by atoms with E-state index in [4.69, 9.17) is 16.7 Å². The predicted molar refractivity (Wildman–Crippen MR) is 72.4 cm³/mol. The number of carbonyl (C=O) groups is 1. The molecule has 0 aliphatic rings. The van der Waals surface area contributed by atoms with E-state index in [9.17, 15) is 4.79 Å². The van der Waals surface area contributed by atoms with Gasteiger partial charge in [0.2, 0.25) is 0 Å². The molecule has 1 amide bonds. The molecule has 0 radical (unpaired) electrons. The number of carbonyl (C=O) groups excluding carboxylic acids is 1. The van der Waals surface area contributed by atoms with Crippen LogP contribution in [-0.2, 0) is 0 Å². The Morgan fingerprint density at radius 3 is 2.82 bits per heavy atom. The van der Waals surface area contributed by atoms with E-state index < -0.39 is 0 Å². The van der Waals surface area contributed by atoms with Crippen LogP contribution in [0.5, 0.6) is 0 Å². The molecule has 0 aromatic heterocycles. The normalized spacial score (nSPS) is 12.2. The molecule has 0 fully saturated rings. The lowest BCUT2D eigenvalue weighted by atomic mass is 10.1. The summed E-state index contributed by atoms with van der Waals surface area (Å²) < 4.78 is 0.668. The molecule has 2 N–H and O–H groups in total. The van der Waals surface area contributed by atoms with Gasteiger partial charge in [-0.25, -0.2) is 0 Å². The molecule has 17 heavy (non-hydrogen) atoms. The Morgan fingerprint density at radius 1 is 1.59 bits per heavy atom. The summed E-state index contributed by atoms with van der Waals surface area (Å²) in [5.41, 5.74) is 0.547. The first kappa shape index (κ1) is 14.5. The van der Waals surface area contributed by atoms with Crippen molar-refractivity contribution in [3.05, 3.63) is 33.3 Å². The Hall–Kier alpha value is -0.580. The minimum atomic E-state index is -0.158. The smallest absolute Gasteiger partial charge is 0.252 e. The first-order chi connectivity index (χ1) is 8.08. The summed E-state index contributed by atoms with van der Waals surface area (Å²) in [6, 6.07) is 5.03. The van der Waals surface area contributed by atoms with Crippen molar-refractivity contribution in [2.75, 3.05) is 6.61 Å². The van der Waals surface area contributed by atoms with Gasteiger partial charge in [-0.2, -0.15) is 0 Å². The molecule has 5 heteroatoms. The maximum atomic E-state index is 12.0. The minimum absolute atomic E-state index is 0.00456. The number of nitrogens with one attached hydrogen (secondary N) is 1. The molecule has 94 valence electrons. The number of hydrogen-bond donors (Lipinski definition) is 2. The van der Waals surface area contributed by atoms with Crippen LogP contribution in [-0.4, -0.2) is 23.7 Å². The van der Waals surface area contributed by atoms with Gasteiger partial charge in [0.1, 0.15) is 0 Å². The van der Waals surface area contributed by atoms with E-state index in [0.717, 1.165) is 6.42 Å². The molecular formula is C12H15BrClNO2. The Labute approximate surface area is 114 Å². The first-order valence-electron chi connectivity index (χ1n) is 5.45. The van der Waals surface area contributed by atoms with Crippen LogP contribution in [0.3, 0.4) is 0 Å². The molecular weight excluding hydrogens is 305 g/mol. The van der Waals surface area contributed by atoms with Crippen molar-refractivity contribution in [2.45, 2.75) is 25.8 Å². The number of benzene rings is 1. The van der Waals surface area contributed by atoms with Crippen molar-refractivity contribution in [2.24, 2.45) is 0 Å². The molecule has 0 saturated carbocycles. The van der Waals surface area contributed by atoms with Crippen molar-refractivity contribution in [3.8, 4) is 0 Å². The van der Waals surface area contributed by atoms with Crippen LogP contribution in [0.15, 0.2) is 22.7 Å². The lowest BCUT2D eigenvalue weighted by Gasteiger charge is -2.16. The monoisotopic (exact) mass is 319 g/mol. The molecule has 3 nitrogen and oxygen atoms in total. The fraction of sp³-hybridized carbons (Fsp3) is 0.417. The summed E-state index contributed by atoms with van der Waals surface area (Å²) in [7, 11) is 0. The molecule has 0 aliphatic carbocycles. The molecule has 1 aromatic rings. The van der Waals surface area contributed by atoms with Crippen molar-refractivity contribution >= 4 is 33.4 Å². The van der Waals surface area contributed by atoms with Gasteiger partial charge in [-0.3, -0.25) is 4.79 Å². The second-order valence-electron chi connectivity index (χ2n) is 3.72. The summed E-state index contributed by atoms with van der Waals surface area (Å²) in [4.78, 5) is 12.0. The largest absolute Gasteiger partial charge is 0.396 e. The summed E-state index contributed by atoms with van der Waals surface area (Å²) >= 11 is 9.11. The van der Waals surface area contributed by atoms with Gasteiger partial charge in [-0.1, -0.05) is 18.5 Å². The van der Waals surface area contributed by atoms with E-state index >= 15 is 0 Å². The third-order valence-corrected chi connectivity index (χ3v) is 3.37. The second kappa shape index (κ2) is 6.99. The number of amides is 1. The second-order valence-corrected chi connectivity index (χ2v) is 5.01. The zero-order valence-electron chi connectivity index (χ0n) is 9.54. The maximum absolute atomic E-state index is 12.0. The Bertz CT molecular complexity index is 398. The molecule has 0 heterocycles. The Balaban J connectivity index is 2.75. The quantitative estimate of drug-likeness (QED) is 0.876. The van der Waals surface area contributed by atoms with E-state index in [1.165, 1.54) is 0 Å². The number of aliphatic hydroxyl groups is 1. The standard InChI is InChI=1S/C12H15BrClNO2/c1-2-9(5-6-16)15-12(17)10-4-3-8(14)7-11(10)13/h3-4,7,9,16H,2,5-6H2,1H3,(H,15,17). The van der Waals surface area contributed by atoms with E-state index in [1.807, 2.05) is 6.92 Å². The van der Waals surface area contributed by atoms with Gasteiger partial charge in [0.25, 0.3) is 5.91 Å². The zero-order chi connectivity index (χ0) is 12.8. The van der Waals surface area contributed by atoms with Crippen LogP contribution >= 0.6 is 27.5 Å². The number of rotatable bonds is 5. The average Bonchev–Trinajstić information content (AvgIpc) is 2.28. The van der Waals surface area contributed by atoms with Crippen LogP contribution in [0.1, 0.15) is 30.1 Å². The number of halogens is 2. The molecule has 0 spiro atoms. The Morgan fingerprint density at radius 2 is 2.29 bits per heavy atom. The average molecular weight is 321 g/mol. The van der Waals surface area contributed by atoms with Crippen LogP contribution in [0.2, 0.25) is 5.02 Å². The third-order valence-electron chi connectivity index (χ3n) is 2.48.